The summed E-state index contributed by atoms with van der Waals surface area (Å²) in [4.78, 5) is 14.3. The molecule has 5 fully saturated rings. The van der Waals surface area contributed by atoms with Crippen molar-refractivity contribution in [1.29, 1.82) is 0 Å². The topological polar surface area (TPSA) is 35.5 Å². The highest BCUT2D eigenvalue weighted by Crippen LogP contribution is 2.59. The van der Waals surface area contributed by atoms with Crippen molar-refractivity contribution in [2.45, 2.75) is 76.2 Å². The first-order valence-corrected chi connectivity index (χ1v) is 13.3. The first-order chi connectivity index (χ1) is 13.9. The number of carbonyl (C=O) groups excluding carboxylic acids is 1. The van der Waals surface area contributed by atoms with Gasteiger partial charge in [0.1, 0.15) is 11.4 Å². The lowest BCUT2D eigenvalue weighted by Crippen LogP contribution is -2.58. The van der Waals surface area contributed by atoms with E-state index in [1.165, 1.54) is 61.3 Å². The number of esters is 1. The third kappa shape index (κ3) is 3.60. The van der Waals surface area contributed by atoms with E-state index in [-0.39, 0.29) is 29.1 Å². The van der Waals surface area contributed by atoms with Gasteiger partial charge in [-0.05, 0) is 129 Å². The van der Waals surface area contributed by atoms with Crippen molar-refractivity contribution in [2.75, 3.05) is 18.1 Å². The molecule has 0 radical (unpaired) electrons. The Labute approximate surface area is 178 Å². The molecule has 0 unspecified atom stereocenters. The average Bonchev–Trinajstić information content (AvgIpc) is 3.20. The van der Waals surface area contributed by atoms with Crippen molar-refractivity contribution in [3.63, 3.8) is 0 Å². The van der Waals surface area contributed by atoms with Crippen LogP contribution in [0.5, 0.6) is 5.75 Å². The highest BCUT2D eigenvalue weighted by Gasteiger charge is 2.57. The van der Waals surface area contributed by atoms with Crippen LogP contribution >= 0.6 is 10.9 Å². The van der Waals surface area contributed by atoms with Crippen molar-refractivity contribution in [3.05, 3.63) is 23.3 Å². The van der Waals surface area contributed by atoms with E-state index in [0.29, 0.717) is 11.8 Å². The highest BCUT2D eigenvalue weighted by atomic mass is 32.2. The molecule has 1 saturated heterocycles. The first kappa shape index (κ1) is 19.8. The van der Waals surface area contributed by atoms with Gasteiger partial charge in [-0.2, -0.15) is 0 Å². The maximum atomic E-state index is 12.8. The van der Waals surface area contributed by atoms with E-state index in [0.717, 1.165) is 28.7 Å². The number of hydrogen-bond acceptors (Lipinski definition) is 3. The molecule has 1 aliphatic heterocycles. The van der Waals surface area contributed by atoms with Gasteiger partial charge in [0, 0.05) is 0 Å². The summed E-state index contributed by atoms with van der Waals surface area (Å²) in [6.45, 7) is 6.45. The monoisotopic (exact) mass is 416 g/mol. The van der Waals surface area contributed by atoms with Crippen LogP contribution in [0.15, 0.2) is 17.0 Å². The van der Waals surface area contributed by atoms with Gasteiger partial charge in [0.05, 0.1) is 0 Å². The summed E-state index contributed by atoms with van der Waals surface area (Å²) in [6.07, 6.45) is 9.16. The molecule has 1 aromatic rings. The number of hydrogen-bond donors (Lipinski definition) is 1. The molecule has 0 aromatic heterocycles. The first-order valence-electron chi connectivity index (χ1n) is 11.6. The Morgan fingerprint density at radius 1 is 1.00 bits per heavy atom. The Balaban J connectivity index is 1.23. The summed E-state index contributed by atoms with van der Waals surface area (Å²) >= 11 is 0. The zero-order valence-electron chi connectivity index (χ0n) is 18.2. The molecule has 4 saturated carbocycles. The Hall–Kier alpha value is -1.16. The fourth-order valence-corrected chi connectivity index (χ4v) is 9.71. The fraction of sp³-hybridized carbons (Fsp3) is 0.720. The normalized spacial score (nSPS) is 36.4. The minimum atomic E-state index is -0.271. The smallest absolute Gasteiger partial charge is 0.344 e. The SMILES string of the molecule is Cc1cc([SH]2CCCC2)cc(C)c1OCC(=O)OC1(C)C2CC3CC(C2)CC1C3. The second-order valence-corrected chi connectivity index (χ2v) is 12.8. The molecule has 1 aromatic carbocycles. The lowest BCUT2D eigenvalue weighted by Gasteiger charge is -2.59. The molecule has 0 amide bonds. The largest absolute Gasteiger partial charge is 0.481 e. The number of benzene rings is 1. The minimum Gasteiger partial charge on any atom is -0.481 e. The van der Waals surface area contributed by atoms with Gasteiger partial charge in [-0.15, -0.1) is 0 Å². The van der Waals surface area contributed by atoms with Gasteiger partial charge in [0.15, 0.2) is 6.61 Å². The highest BCUT2D eigenvalue weighted by molar-refractivity contribution is 8.17. The van der Waals surface area contributed by atoms with Crippen LogP contribution in [0.2, 0.25) is 0 Å². The molecule has 1 heterocycles. The van der Waals surface area contributed by atoms with Crippen LogP contribution in [-0.4, -0.2) is 29.7 Å². The predicted octanol–water partition coefficient (Wildman–Crippen LogP) is 5.59. The van der Waals surface area contributed by atoms with Gasteiger partial charge in [-0.1, -0.05) is 0 Å². The van der Waals surface area contributed by atoms with Gasteiger partial charge in [0.25, 0.3) is 0 Å². The fourth-order valence-electron chi connectivity index (χ4n) is 7.01. The van der Waals surface area contributed by atoms with Crippen LogP contribution in [-0.2, 0) is 9.53 Å². The maximum Gasteiger partial charge on any atom is 0.344 e. The average molecular weight is 417 g/mol. The molecular formula is C25H36O3S. The Kier molecular flexibility index (Phi) is 5.13. The molecular weight excluding hydrogens is 380 g/mol. The standard InChI is InChI=1S/C25H36O3S/c1-16-8-22(29-6-4-5-7-29)9-17(2)24(16)27-15-23(26)28-25(3)20-11-18-10-19(13-20)14-21(25)12-18/h8-9,18-21,29H,4-7,10-15H2,1-3H3. The molecule has 0 N–H and O–H groups in total. The number of carbonyl (C=O) groups is 1. The van der Waals surface area contributed by atoms with Crippen molar-refractivity contribution in [3.8, 4) is 5.75 Å². The van der Waals surface area contributed by atoms with E-state index in [2.05, 4.69) is 32.9 Å². The van der Waals surface area contributed by atoms with Gasteiger partial charge in [0.2, 0.25) is 0 Å². The molecule has 4 bridgehead atoms. The van der Waals surface area contributed by atoms with E-state index >= 15 is 0 Å². The van der Waals surface area contributed by atoms with Crippen LogP contribution in [0.1, 0.15) is 63.0 Å². The van der Waals surface area contributed by atoms with Gasteiger partial charge >= 0.3 is 5.97 Å². The van der Waals surface area contributed by atoms with E-state index in [1.807, 2.05) is 0 Å². The van der Waals surface area contributed by atoms with E-state index in [9.17, 15) is 4.79 Å². The van der Waals surface area contributed by atoms with Crippen LogP contribution in [0.3, 0.4) is 0 Å². The van der Waals surface area contributed by atoms with Crippen LogP contribution in [0.4, 0.5) is 0 Å². The van der Waals surface area contributed by atoms with Crippen molar-refractivity contribution < 1.29 is 14.3 Å². The number of rotatable bonds is 5. The number of ether oxygens (including phenoxy) is 2. The van der Waals surface area contributed by atoms with E-state index in [4.69, 9.17) is 9.47 Å². The molecule has 0 spiro atoms. The van der Waals surface area contributed by atoms with Crippen molar-refractivity contribution in [2.24, 2.45) is 23.7 Å². The van der Waals surface area contributed by atoms with Gasteiger partial charge < -0.3 is 9.47 Å². The summed E-state index contributed by atoms with van der Waals surface area (Å²) in [5, 5.41) is 0. The summed E-state index contributed by atoms with van der Waals surface area (Å²) < 4.78 is 12.2. The maximum absolute atomic E-state index is 12.8. The van der Waals surface area contributed by atoms with Crippen LogP contribution in [0.25, 0.3) is 0 Å². The molecule has 6 rings (SSSR count). The lowest BCUT2D eigenvalue weighted by molar-refractivity contribution is -0.204. The zero-order valence-corrected chi connectivity index (χ0v) is 19.1. The molecule has 29 heavy (non-hydrogen) atoms. The van der Waals surface area contributed by atoms with Crippen molar-refractivity contribution >= 4 is 16.9 Å². The minimum absolute atomic E-state index is 0.0215. The summed E-state index contributed by atoms with van der Waals surface area (Å²) in [5.41, 5.74) is 2.04. The lowest BCUT2D eigenvalue weighted by atomic mass is 9.50. The van der Waals surface area contributed by atoms with Crippen molar-refractivity contribution in [1.82, 2.24) is 0 Å². The van der Waals surface area contributed by atoms with Gasteiger partial charge in [-0.25, -0.2) is 15.7 Å². The third-order valence-corrected chi connectivity index (χ3v) is 11.0. The summed E-state index contributed by atoms with van der Waals surface area (Å²) in [7, 11) is 0.0215. The van der Waals surface area contributed by atoms with Crippen LogP contribution < -0.4 is 4.74 Å². The van der Waals surface area contributed by atoms with E-state index in [1.54, 1.807) is 0 Å². The molecule has 4 aliphatic carbocycles. The Morgan fingerprint density at radius 3 is 2.10 bits per heavy atom. The molecule has 3 nitrogen and oxygen atoms in total. The van der Waals surface area contributed by atoms with E-state index < -0.39 is 0 Å². The molecule has 5 aliphatic rings. The molecule has 4 heteroatoms. The Morgan fingerprint density at radius 2 is 1.55 bits per heavy atom. The van der Waals surface area contributed by atoms with Crippen LogP contribution in [0, 0.1) is 37.5 Å². The molecule has 160 valence electrons. The summed E-state index contributed by atoms with van der Waals surface area (Å²) in [5.74, 6) is 6.28. The number of aryl methyl sites for hydroxylation is 2. The Bertz CT molecular complexity index is 744. The second kappa shape index (κ2) is 7.51. The predicted molar refractivity (Wildman–Crippen MR) is 119 cm³/mol. The number of thiol groups is 1. The zero-order chi connectivity index (χ0) is 20.2. The summed E-state index contributed by atoms with van der Waals surface area (Å²) in [6, 6.07) is 4.59. The van der Waals surface area contributed by atoms with Gasteiger partial charge in [-0.3, -0.25) is 0 Å². The molecule has 0 atom stereocenters. The quantitative estimate of drug-likeness (QED) is 0.502. The third-order valence-electron chi connectivity index (χ3n) is 8.34. The second-order valence-electron chi connectivity index (χ2n) is 10.4.